The van der Waals surface area contributed by atoms with Gasteiger partial charge in [-0.2, -0.15) is 0 Å². The summed E-state index contributed by atoms with van der Waals surface area (Å²) < 4.78 is 20.9. The van der Waals surface area contributed by atoms with Gasteiger partial charge in [-0.3, -0.25) is 9.59 Å². The average molecular weight is 339 g/mol. The number of amides is 1. The van der Waals surface area contributed by atoms with Crippen molar-refractivity contribution in [3.8, 4) is 0 Å². The van der Waals surface area contributed by atoms with Gasteiger partial charge in [-0.15, -0.1) is 0 Å². The summed E-state index contributed by atoms with van der Waals surface area (Å²) in [7, 11) is 0. The Bertz CT molecular complexity index is 465. The van der Waals surface area contributed by atoms with Gasteiger partial charge in [0.1, 0.15) is 13.2 Å². The Morgan fingerprint density at radius 1 is 0.875 bits per heavy atom. The standard InChI is InChI=1S/C17H25NO6/c1-15(19)18-13-17(20)24-12-11-22-8-7-21-9-10-23-14-16-5-3-2-4-6-16/h2-6H,7-14H2,1H3,(H,18,19). The number of hydrogen-bond acceptors (Lipinski definition) is 6. The van der Waals surface area contributed by atoms with Gasteiger partial charge in [0.15, 0.2) is 0 Å². The van der Waals surface area contributed by atoms with Gasteiger partial charge in [0.2, 0.25) is 5.91 Å². The molecule has 0 heterocycles. The number of nitrogens with one attached hydrogen (secondary N) is 1. The third-order valence-electron chi connectivity index (χ3n) is 2.83. The smallest absolute Gasteiger partial charge is 0.325 e. The van der Waals surface area contributed by atoms with E-state index in [4.69, 9.17) is 18.9 Å². The van der Waals surface area contributed by atoms with Gasteiger partial charge in [-0.25, -0.2) is 0 Å². The lowest BCUT2D eigenvalue weighted by Crippen LogP contribution is -2.29. The van der Waals surface area contributed by atoms with E-state index in [9.17, 15) is 9.59 Å². The largest absolute Gasteiger partial charge is 0.462 e. The molecule has 134 valence electrons. The number of carbonyl (C=O) groups is 2. The molecule has 0 aromatic heterocycles. The zero-order valence-corrected chi connectivity index (χ0v) is 14.0. The first-order chi connectivity index (χ1) is 11.7. The Balaban J connectivity index is 1.80. The fourth-order valence-corrected chi connectivity index (χ4v) is 1.67. The lowest BCUT2D eigenvalue weighted by molar-refractivity contribution is -0.145. The molecule has 7 heteroatoms. The van der Waals surface area contributed by atoms with Crippen LogP contribution in [-0.2, 0) is 35.1 Å². The Morgan fingerprint density at radius 2 is 1.46 bits per heavy atom. The third-order valence-corrected chi connectivity index (χ3v) is 2.83. The molecule has 1 rings (SSSR count). The molecule has 1 N–H and O–H groups in total. The number of benzene rings is 1. The summed E-state index contributed by atoms with van der Waals surface area (Å²) in [6, 6.07) is 9.94. The fourth-order valence-electron chi connectivity index (χ4n) is 1.67. The summed E-state index contributed by atoms with van der Waals surface area (Å²) in [5, 5.41) is 2.36. The van der Waals surface area contributed by atoms with Crippen LogP contribution in [0, 0.1) is 0 Å². The summed E-state index contributed by atoms with van der Waals surface area (Å²) in [5.41, 5.74) is 1.13. The van der Waals surface area contributed by atoms with Crippen LogP contribution in [0.2, 0.25) is 0 Å². The van der Waals surface area contributed by atoms with Gasteiger partial charge in [0.25, 0.3) is 0 Å². The van der Waals surface area contributed by atoms with Crippen molar-refractivity contribution in [3.63, 3.8) is 0 Å². The highest BCUT2D eigenvalue weighted by Crippen LogP contribution is 1.99. The van der Waals surface area contributed by atoms with E-state index in [-0.39, 0.29) is 19.1 Å². The van der Waals surface area contributed by atoms with Crippen molar-refractivity contribution in [3.05, 3.63) is 35.9 Å². The highest BCUT2D eigenvalue weighted by atomic mass is 16.6. The lowest BCUT2D eigenvalue weighted by Gasteiger charge is -2.08. The predicted octanol–water partition coefficient (Wildman–Crippen LogP) is 0.916. The molecule has 0 unspecified atom stereocenters. The maximum Gasteiger partial charge on any atom is 0.325 e. The van der Waals surface area contributed by atoms with Crippen molar-refractivity contribution in [1.82, 2.24) is 5.32 Å². The summed E-state index contributed by atoms with van der Waals surface area (Å²) in [6.45, 7) is 4.13. The molecule has 0 fully saturated rings. The summed E-state index contributed by atoms with van der Waals surface area (Å²) in [5.74, 6) is -0.756. The molecule has 1 aromatic rings. The number of rotatable bonds is 13. The normalized spacial score (nSPS) is 10.4. The fraction of sp³-hybridized carbons (Fsp3) is 0.529. The summed E-state index contributed by atoms with van der Waals surface area (Å²) in [4.78, 5) is 21.8. The first kappa shape index (κ1) is 20.1. The second-order valence-electron chi connectivity index (χ2n) is 4.89. The van der Waals surface area contributed by atoms with Crippen molar-refractivity contribution in [2.75, 3.05) is 46.2 Å². The molecule has 0 bridgehead atoms. The van der Waals surface area contributed by atoms with E-state index in [0.29, 0.717) is 39.6 Å². The zero-order valence-electron chi connectivity index (χ0n) is 14.0. The van der Waals surface area contributed by atoms with Gasteiger partial charge in [-0.1, -0.05) is 30.3 Å². The van der Waals surface area contributed by atoms with Crippen LogP contribution in [0.25, 0.3) is 0 Å². The minimum atomic E-state index is -0.486. The van der Waals surface area contributed by atoms with Gasteiger partial charge >= 0.3 is 5.97 Å². The van der Waals surface area contributed by atoms with Crippen LogP contribution in [0.15, 0.2) is 30.3 Å². The number of esters is 1. The van der Waals surface area contributed by atoms with Crippen LogP contribution < -0.4 is 5.32 Å². The summed E-state index contributed by atoms with van der Waals surface area (Å²) >= 11 is 0. The highest BCUT2D eigenvalue weighted by molar-refractivity contribution is 5.80. The molecular formula is C17H25NO6. The SMILES string of the molecule is CC(=O)NCC(=O)OCCOCCOCCOCc1ccccc1. The van der Waals surface area contributed by atoms with Crippen LogP contribution in [0.4, 0.5) is 0 Å². The molecule has 7 nitrogen and oxygen atoms in total. The van der Waals surface area contributed by atoms with Gasteiger partial charge in [0.05, 0.1) is 39.6 Å². The van der Waals surface area contributed by atoms with Crippen LogP contribution in [0.5, 0.6) is 0 Å². The second-order valence-corrected chi connectivity index (χ2v) is 4.89. The van der Waals surface area contributed by atoms with Gasteiger partial charge < -0.3 is 24.3 Å². The van der Waals surface area contributed by atoms with Crippen molar-refractivity contribution < 1.29 is 28.5 Å². The quantitative estimate of drug-likeness (QED) is 0.425. The van der Waals surface area contributed by atoms with Gasteiger partial charge in [0, 0.05) is 6.92 Å². The molecule has 0 atom stereocenters. The molecule has 0 radical (unpaired) electrons. The van der Waals surface area contributed by atoms with E-state index in [1.165, 1.54) is 6.92 Å². The second kappa shape index (κ2) is 13.5. The van der Waals surface area contributed by atoms with Gasteiger partial charge in [-0.05, 0) is 5.56 Å². The average Bonchev–Trinajstić information content (AvgIpc) is 2.58. The van der Waals surface area contributed by atoms with Crippen LogP contribution in [0.3, 0.4) is 0 Å². The molecule has 24 heavy (non-hydrogen) atoms. The molecule has 0 spiro atoms. The minimum absolute atomic E-state index is 0.124. The Kier molecular flexibility index (Phi) is 11.3. The zero-order chi connectivity index (χ0) is 17.5. The molecule has 1 amide bonds. The number of carbonyl (C=O) groups excluding carboxylic acids is 2. The Labute approximate surface area is 142 Å². The maximum absolute atomic E-state index is 11.2. The monoisotopic (exact) mass is 339 g/mol. The van der Waals surface area contributed by atoms with E-state index in [2.05, 4.69) is 5.32 Å². The van der Waals surface area contributed by atoms with Crippen molar-refractivity contribution >= 4 is 11.9 Å². The minimum Gasteiger partial charge on any atom is -0.462 e. The van der Waals surface area contributed by atoms with Crippen LogP contribution in [0.1, 0.15) is 12.5 Å². The molecule has 0 aliphatic carbocycles. The van der Waals surface area contributed by atoms with Crippen LogP contribution in [-0.4, -0.2) is 58.1 Å². The molecule has 0 saturated carbocycles. The molecular weight excluding hydrogens is 314 g/mol. The molecule has 0 aliphatic heterocycles. The highest BCUT2D eigenvalue weighted by Gasteiger charge is 2.02. The predicted molar refractivity (Wildman–Crippen MR) is 87.4 cm³/mol. The molecule has 0 saturated heterocycles. The maximum atomic E-state index is 11.2. The first-order valence-electron chi connectivity index (χ1n) is 7.85. The van der Waals surface area contributed by atoms with Crippen molar-refractivity contribution in [2.45, 2.75) is 13.5 Å². The Hall–Kier alpha value is -1.96. The number of ether oxygens (including phenoxy) is 4. The lowest BCUT2D eigenvalue weighted by atomic mass is 10.2. The van der Waals surface area contributed by atoms with E-state index < -0.39 is 5.97 Å². The topological polar surface area (TPSA) is 83.1 Å². The first-order valence-corrected chi connectivity index (χ1v) is 7.85. The van der Waals surface area contributed by atoms with Crippen molar-refractivity contribution in [1.29, 1.82) is 0 Å². The molecule has 0 aliphatic rings. The van der Waals surface area contributed by atoms with Crippen molar-refractivity contribution in [2.24, 2.45) is 0 Å². The van der Waals surface area contributed by atoms with E-state index in [1.54, 1.807) is 0 Å². The summed E-state index contributed by atoms with van der Waals surface area (Å²) in [6.07, 6.45) is 0. The third kappa shape index (κ3) is 11.6. The Morgan fingerprint density at radius 3 is 2.08 bits per heavy atom. The van der Waals surface area contributed by atoms with E-state index >= 15 is 0 Å². The number of hydrogen-bond donors (Lipinski definition) is 1. The van der Waals surface area contributed by atoms with Crippen LogP contribution >= 0.6 is 0 Å². The van der Waals surface area contributed by atoms with E-state index in [0.717, 1.165) is 5.56 Å². The molecule has 1 aromatic carbocycles. The van der Waals surface area contributed by atoms with E-state index in [1.807, 2.05) is 30.3 Å².